The van der Waals surface area contributed by atoms with Crippen molar-refractivity contribution < 1.29 is 9.90 Å². The van der Waals surface area contributed by atoms with E-state index in [1.165, 1.54) is 321 Å². The minimum absolute atomic E-state index is 0.145. The van der Waals surface area contributed by atoms with Crippen molar-refractivity contribution in [3.63, 3.8) is 0 Å². The first-order valence-electron chi connectivity index (χ1n) is 37.2. The molecule has 0 spiro atoms. The molecule has 0 aromatic heterocycles. The van der Waals surface area contributed by atoms with Crippen LogP contribution in [0.15, 0.2) is 48.6 Å². The van der Waals surface area contributed by atoms with Crippen molar-refractivity contribution in [3.05, 3.63) is 48.6 Å². The van der Waals surface area contributed by atoms with E-state index in [0.29, 0.717) is 6.42 Å². The van der Waals surface area contributed by atoms with Crippen LogP contribution in [-0.4, -0.2) is 115 Å². The van der Waals surface area contributed by atoms with Crippen molar-refractivity contribution in [3.8, 4) is 0 Å². The highest BCUT2D eigenvalue weighted by Gasteiger charge is 2.16. The van der Waals surface area contributed by atoms with Gasteiger partial charge >= 0.3 is 0 Å². The Balaban J connectivity index is 0.00000164. The first-order chi connectivity index (χ1) is 41.3. The van der Waals surface area contributed by atoms with Crippen molar-refractivity contribution in [1.82, 2.24) is 19.0 Å². The van der Waals surface area contributed by atoms with Gasteiger partial charge in [-0.2, -0.15) is 0 Å². The maximum atomic E-state index is 10.9. The number of aldehydes is 1. The molecule has 0 aliphatic carbocycles. The number of carbonyl (C=O) groups is 1. The van der Waals surface area contributed by atoms with Crippen LogP contribution in [0.25, 0.3) is 0 Å². The fraction of sp³-hybridized carbons (Fsp3) is 0.882. The molecule has 3 atom stereocenters. The van der Waals surface area contributed by atoms with Crippen molar-refractivity contribution >= 4 is 28.1 Å². The molecular weight excluding hydrogens is 1060 g/mol. The molecule has 1 saturated heterocycles. The lowest BCUT2D eigenvalue weighted by Crippen LogP contribution is -2.40. The van der Waals surface area contributed by atoms with E-state index in [-0.39, 0.29) is 6.10 Å². The summed E-state index contributed by atoms with van der Waals surface area (Å²) in [6, 6.07) is 0. The van der Waals surface area contributed by atoms with Gasteiger partial charge in [-0.05, 0) is 146 Å². The van der Waals surface area contributed by atoms with Gasteiger partial charge in [0.15, 0.2) is 0 Å². The number of carbonyl (C=O) groups excluding carboxylic acids is 1. The quantitative estimate of drug-likeness (QED) is 0.0213. The van der Waals surface area contributed by atoms with Crippen LogP contribution in [0.5, 0.6) is 0 Å². The summed E-state index contributed by atoms with van der Waals surface area (Å²) in [5.41, 5.74) is 0. The zero-order valence-corrected chi connectivity index (χ0v) is 59.3. The average Bonchev–Trinajstić information content (AvgIpc) is 3.53. The van der Waals surface area contributed by atoms with Crippen LogP contribution in [0.3, 0.4) is 0 Å². The Bertz CT molecular complexity index is 1400. The third-order valence-corrected chi connectivity index (χ3v) is 19.9. The molecule has 0 amide bonds. The van der Waals surface area contributed by atoms with E-state index in [1.807, 2.05) is 21.8 Å². The SMILES string of the molecule is CCCC/C=C/C=C/CCCCCCC(C)CN(CCCCC=O)CC(C)CCCCC/C=C/C=C/CCCCC.CCCCCCCCCCCCCCN(CCCCSSN1CCN(C)CC1)CC(O)CCCCCCCCCCCC. The van der Waals surface area contributed by atoms with Gasteiger partial charge in [0.25, 0.3) is 0 Å². The lowest BCUT2D eigenvalue weighted by Gasteiger charge is -2.30. The number of hydrogen-bond acceptors (Lipinski definition) is 8. The van der Waals surface area contributed by atoms with E-state index in [1.54, 1.807) is 0 Å². The molecular formula is C76H148N4O2S2. The number of aliphatic hydroxyl groups excluding tert-OH is 1. The third-order valence-electron chi connectivity index (χ3n) is 17.3. The second kappa shape index (κ2) is 69.6. The van der Waals surface area contributed by atoms with Crippen molar-refractivity contribution in [2.24, 2.45) is 11.8 Å². The molecule has 8 heteroatoms. The van der Waals surface area contributed by atoms with E-state index in [4.69, 9.17) is 0 Å². The van der Waals surface area contributed by atoms with Crippen molar-refractivity contribution in [1.29, 1.82) is 0 Å². The van der Waals surface area contributed by atoms with Gasteiger partial charge in [0.05, 0.1) is 6.10 Å². The number of rotatable bonds is 64. The van der Waals surface area contributed by atoms with Gasteiger partial charge in [0, 0.05) is 58.0 Å². The Morgan fingerprint density at radius 3 is 1.21 bits per heavy atom. The standard InChI is InChI=1S/C39H71NO.C37H77N3OS2/c1-5-7-9-11-13-15-17-19-21-23-25-28-32-38(3)36-40(34-30-27-31-35-41)37-39(4)33-29-26-24-22-20-18-16-14-12-10-8-6-2;1-4-6-8-10-12-14-16-17-19-21-23-25-29-39(30-26-27-35-42-43-40-33-31-38(3)32-34-40)36-37(41)28-24-22-20-18-15-13-11-9-7-5-2/h11,13-18,20,35,38-39H,5-10,12,19,21-34,36-37H2,1-4H3;37,41H,4-36H2,1-3H3/b13-11+,16-14+,17-15+,20-18+;. The summed E-state index contributed by atoms with van der Waals surface area (Å²) in [4.78, 5) is 18.5. The molecule has 1 N–H and O–H groups in total. The van der Waals surface area contributed by atoms with Crippen LogP contribution in [0.1, 0.15) is 337 Å². The molecule has 1 heterocycles. The highest BCUT2D eigenvalue weighted by Crippen LogP contribution is 2.28. The summed E-state index contributed by atoms with van der Waals surface area (Å²) in [6.45, 7) is 25.6. The summed E-state index contributed by atoms with van der Waals surface area (Å²) in [7, 11) is 6.26. The van der Waals surface area contributed by atoms with Gasteiger partial charge in [-0.1, -0.05) is 294 Å². The fourth-order valence-corrected chi connectivity index (χ4v) is 14.0. The van der Waals surface area contributed by atoms with E-state index < -0.39 is 0 Å². The highest BCUT2D eigenvalue weighted by molar-refractivity contribution is 8.75. The number of unbranched alkanes of at least 4 members (excludes halogenated alkanes) is 35. The number of hydrogen-bond donors (Lipinski definition) is 1. The molecule has 0 bridgehead atoms. The van der Waals surface area contributed by atoms with Gasteiger partial charge < -0.3 is 24.6 Å². The van der Waals surface area contributed by atoms with Crippen LogP contribution in [0.2, 0.25) is 0 Å². The summed E-state index contributed by atoms with van der Waals surface area (Å²) in [6.07, 6.45) is 79.6. The minimum atomic E-state index is -0.145. The molecule has 1 fully saturated rings. The van der Waals surface area contributed by atoms with Gasteiger partial charge in [0.1, 0.15) is 6.29 Å². The second-order valence-corrected chi connectivity index (χ2v) is 28.7. The van der Waals surface area contributed by atoms with Crippen LogP contribution in [0, 0.1) is 11.8 Å². The fourth-order valence-electron chi connectivity index (χ4n) is 11.7. The van der Waals surface area contributed by atoms with Crippen LogP contribution < -0.4 is 0 Å². The van der Waals surface area contributed by atoms with E-state index in [2.05, 4.69) is 116 Å². The Kier molecular flexibility index (Phi) is 68.9. The zero-order chi connectivity index (χ0) is 61.1. The predicted molar refractivity (Wildman–Crippen MR) is 384 cm³/mol. The Hall–Kier alpha value is -0.870. The number of likely N-dealkylation sites (N-methyl/N-ethyl adjacent to an activating group) is 1. The number of aliphatic hydroxyl groups is 1. The van der Waals surface area contributed by atoms with E-state index in [0.717, 1.165) is 57.0 Å². The predicted octanol–water partition coefficient (Wildman–Crippen LogP) is 23.2. The lowest BCUT2D eigenvalue weighted by atomic mass is 9.99. The largest absolute Gasteiger partial charge is 0.392 e. The van der Waals surface area contributed by atoms with E-state index >= 15 is 0 Å². The van der Waals surface area contributed by atoms with Crippen LogP contribution in [0.4, 0.5) is 0 Å². The van der Waals surface area contributed by atoms with Crippen molar-refractivity contribution in [2.45, 2.75) is 343 Å². The molecule has 6 nitrogen and oxygen atoms in total. The highest BCUT2D eigenvalue weighted by atomic mass is 33.1. The summed E-state index contributed by atoms with van der Waals surface area (Å²) in [5.74, 6) is 2.75. The number of allylic oxidation sites excluding steroid dienone is 8. The minimum Gasteiger partial charge on any atom is -0.392 e. The first kappa shape index (κ1) is 83.1. The molecule has 0 radical (unpaired) electrons. The maximum Gasteiger partial charge on any atom is 0.119 e. The summed E-state index contributed by atoms with van der Waals surface area (Å²) < 4.78 is 2.54. The number of nitrogens with zero attached hydrogens (tertiary/aromatic N) is 4. The van der Waals surface area contributed by atoms with Gasteiger partial charge in [-0.15, -0.1) is 0 Å². The van der Waals surface area contributed by atoms with Crippen molar-refractivity contribution in [2.75, 3.05) is 78.2 Å². The normalized spacial score (nSPS) is 14.8. The first-order valence-corrected chi connectivity index (χ1v) is 39.5. The Labute approximate surface area is 535 Å². The number of piperazine rings is 1. The smallest absolute Gasteiger partial charge is 0.119 e. The molecule has 1 aliphatic rings. The lowest BCUT2D eigenvalue weighted by molar-refractivity contribution is -0.107. The van der Waals surface area contributed by atoms with E-state index in [9.17, 15) is 9.90 Å². The maximum absolute atomic E-state index is 10.9. The monoisotopic (exact) mass is 1210 g/mol. The second-order valence-electron chi connectivity index (χ2n) is 26.3. The average molecular weight is 1210 g/mol. The molecule has 1 rings (SSSR count). The molecule has 1 aliphatic heterocycles. The molecule has 84 heavy (non-hydrogen) atoms. The Morgan fingerprint density at radius 1 is 0.393 bits per heavy atom. The molecule has 0 aromatic carbocycles. The van der Waals surface area contributed by atoms with Gasteiger partial charge in [-0.3, -0.25) is 0 Å². The third kappa shape index (κ3) is 64.1. The zero-order valence-electron chi connectivity index (χ0n) is 57.7. The Morgan fingerprint density at radius 2 is 0.738 bits per heavy atom. The van der Waals surface area contributed by atoms with Crippen LogP contribution >= 0.6 is 21.8 Å². The molecule has 496 valence electrons. The molecule has 3 unspecified atom stereocenters. The summed E-state index contributed by atoms with van der Waals surface area (Å²) in [5, 5.41) is 10.9. The van der Waals surface area contributed by atoms with Crippen LogP contribution in [-0.2, 0) is 4.79 Å². The summed E-state index contributed by atoms with van der Waals surface area (Å²) >= 11 is 0. The molecule has 0 aromatic rings. The molecule has 0 saturated carbocycles. The van der Waals surface area contributed by atoms with Gasteiger partial charge in [-0.25, -0.2) is 4.31 Å². The topological polar surface area (TPSA) is 50.3 Å². The van der Waals surface area contributed by atoms with Gasteiger partial charge in [0.2, 0.25) is 0 Å².